The Kier molecular flexibility index (Phi) is 3.85. The number of methoxy groups -OCH3 is 1. The maximum Gasteiger partial charge on any atom is 0.322 e. The summed E-state index contributed by atoms with van der Waals surface area (Å²) in [4.78, 5) is 14.9. The van der Waals surface area contributed by atoms with Gasteiger partial charge in [0.15, 0.2) is 0 Å². The second-order valence-corrected chi connectivity index (χ2v) is 3.21. The minimum absolute atomic E-state index is 0.333. The van der Waals surface area contributed by atoms with Crippen LogP contribution in [0, 0.1) is 0 Å². The zero-order valence-electron chi connectivity index (χ0n) is 7.74. The molecule has 1 heterocycles. The molecule has 0 fully saturated rings. The highest BCUT2D eigenvalue weighted by molar-refractivity contribution is 6.31. The lowest BCUT2D eigenvalue weighted by atomic mass is 10.1. The third kappa shape index (κ3) is 2.68. The maximum atomic E-state index is 11.0. The van der Waals surface area contributed by atoms with Gasteiger partial charge in [0, 0.05) is 23.8 Å². The van der Waals surface area contributed by atoms with E-state index in [0.717, 1.165) is 5.56 Å². The zero-order chi connectivity index (χ0) is 10.6. The topological polar surface area (TPSA) is 65.2 Å². The SMILES string of the molecule is COC(=O)[C@H](N)Cc1cnccc1Cl. The number of hydrogen-bond donors (Lipinski definition) is 1. The number of rotatable bonds is 3. The standard InChI is InChI=1S/C9H11ClN2O2/c1-14-9(13)8(11)4-6-5-12-3-2-7(6)10/h2-3,5,8H,4,11H2,1H3/t8-/m1/s1. The molecular formula is C9H11ClN2O2. The number of halogens is 1. The number of nitrogens with zero attached hydrogens (tertiary/aromatic N) is 1. The van der Waals surface area contributed by atoms with Gasteiger partial charge in [0.1, 0.15) is 6.04 Å². The molecule has 0 unspecified atom stereocenters. The number of carbonyl (C=O) groups excluding carboxylic acids is 1. The third-order valence-corrected chi connectivity index (χ3v) is 2.16. The smallest absolute Gasteiger partial charge is 0.322 e. The Hall–Kier alpha value is -1.13. The first-order valence-electron chi connectivity index (χ1n) is 4.07. The van der Waals surface area contributed by atoms with Crippen molar-refractivity contribution in [2.45, 2.75) is 12.5 Å². The average molecular weight is 215 g/mol. The Bertz CT molecular complexity index is 330. The quantitative estimate of drug-likeness (QED) is 0.756. The van der Waals surface area contributed by atoms with Crippen molar-refractivity contribution in [1.29, 1.82) is 0 Å². The van der Waals surface area contributed by atoms with E-state index in [1.165, 1.54) is 7.11 Å². The van der Waals surface area contributed by atoms with Crippen LogP contribution in [-0.2, 0) is 16.0 Å². The molecule has 1 aromatic rings. The van der Waals surface area contributed by atoms with Crippen LogP contribution in [0.5, 0.6) is 0 Å². The second-order valence-electron chi connectivity index (χ2n) is 2.80. The molecule has 0 aliphatic heterocycles. The summed E-state index contributed by atoms with van der Waals surface area (Å²) in [6.45, 7) is 0. The van der Waals surface area contributed by atoms with Gasteiger partial charge in [0.25, 0.3) is 0 Å². The Morgan fingerprint density at radius 3 is 3.07 bits per heavy atom. The molecule has 0 amide bonds. The van der Waals surface area contributed by atoms with Gasteiger partial charge in [-0.2, -0.15) is 0 Å². The zero-order valence-corrected chi connectivity index (χ0v) is 8.49. The molecule has 0 radical (unpaired) electrons. The van der Waals surface area contributed by atoms with Gasteiger partial charge in [-0.05, 0) is 11.6 Å². The van der Waals surface area contributed by atoms with Gasteiger partial charge in [0.05, 0.1) is 7.11 Å². The average Bonchev–Trinajstić information content (AvgIpc) is 2.20. The van der Waals surface area contributed by atoms with Gasteiger partial charge in [-0.1, -0.05) is 11.6 Å². The summed E-state index contributed by atoms with van der Waals surface area (Å²) in [7, 11) is 1.30. The first-order chi connectivity index (χ1) is 6.65. The monoisotopic (exact) mass is 214 g/mol. The number of nitrogens with two attached hydrogens (primary N) is 1. The van der Waals surface area contributed by atoms with Gasteiger partial charge < -0.3 is 10.5 Å². The van der Waals surface area contributed by atoms with E-state index in [1.54, 1.807) is 18.5 Å². The van der Waals surface area contributed by atoms with Crippen molar-refractivity contribution in [3.05, 3.63) is 29.0 Å². The highest BCUT2D eigenvalue weighted by Crippen LogP contribution is 2.14. The van der Waals surface area contributed by atoms with Gasteiger partial charge in [-0.15, -0.1) is 0 Å². The second kappa shape index (κ2) is 4.93. The number of carbonyl (C=O) groups is 1. The summed E-state index contributed by atoms with van der Waals surface area (Å²) in [6, 6.07) is 0.961. The predicted octanol–water partition coefficient (Wildman–Crippen LogP) is 0.778. The van der Waals surface area contributed by atoms with Crippen molar-refractivity contribution in [3.8, 4) is 0 Å². The Labute approximate surface area is 87.0 Å². The van der Waals surface area contributed by atoms with Crippen LogP contribution in [0.15, 0.2) is 18.5 Å². The van der Waals surface area contributed by atoms with Crippen LogP contribution >= 0.6 is 11.6 Å². The fourth-order valence-corrected chi connectivity index (χ4v) is 1.21. The highest BCUT2D eigenvalue weighted by atomic mass is 35.5. The third-order valence-electron chi connectivity index (χ3n) is 1.79. The van der Waals surface area contributed by atoms with E-state index in [2.05, 4.69) is 9.72 Å². The molecule has 0 saturated carbocycles. The van der Waals surface area contributed by atoms with Gasteiger partial charge in [-0.25, -0.2) is 0 Å². The van der Waals surface area contributed by atoms with Gasteiger partial charge in [-0.3, -0.25) is 9.78 Å². The minimum atomic E-state index is -0.693. The summed E-state index contributed by atoms with van der Waals surface area (Å²) in [5.74, 6) is -0.454. The van der Waals surface area contributed by atoms with Crippen LogP contribution in [0.25, 0.3) is 0 Å². The molecule has 1 atom stereocenters. The van der Waals surface area contributed by atoms with Crippen molar-refractivity contribution in [1.82, 2.24) is 4.98 Å². The van der Waals surface area contributed by atoms with Crippen LogP contribution in [0.3, 0.4) is 0 Å². The summed E-state index contributed by atoms with van der Waals surface area (Å²) < 4.78 is 4.50. The molecule has 0 spiro atoms. The van der Waals surface area contributed by atoms with E-state index in [1.807, 2.05) is 0 Å². The van der Waals surface area contributed by atoms with E-state index < -0.39 is 12.0 Å². The summed E-state index contributed by atoms with van der Waals surface area (Å²) in [5, 5.41) is 0.555. The minimum Gasteiger partial charge on any atom is -0.468 e. The van der Waals surface area contributed by atoms with Crippen LogP contribution in [0.2, 0.25) is 5.02 Å². The molecule has 0 saturated heterocycles. The summed E-state index contributed by atoms with van der Waals surface area (Å²) in [5.41, 5.74) is 6.31. The molecule has 14 heavy (non-hydrogen) atoms. The highest BCUT2D eigenvalue weighted by Gasteiger charge is 2.15. The molecule has 2 N–H and O–H groups in total. The van der Waals surface area contributed by atoms with E-state index >= 15 is 0 Å². The fourth-order valence-electron chi connectivity index (χ4n) is 1.03. The van der Waals surface area contributed by atoms with Crippen molar-refractivity contribution in [3.63, 3.8) is 0 Å². The number of esters is 1. The number of ether oxygens (including phenoxy) is 1. The van der Waals surface area contributed by atoms with E-state index in [-0.39, 0.29) is 0 Å². The maximum absolute atomic E-state index is 11.0. The van der Waals surface area contributed by atoms with E-state index in [9.17, 15) is 4.79 Å². The first kappa shape index (κ1) is 10.9. The molecule has 5 heteroatoms. The molecule has 76 valence electrons. The van der Waals surface area contributed by atoms with Crippen molar-refractivity contribution >= 4 is 17.6 Å². The number of pyridine rings is 1. The number of hydrogen-bond acceptors (Lipinski definition) is 4. The Balaban J connectivity index is 2.69. The van der Waals surface area contributed by atoms with Crippen LogP contribution in [0.1, 0.15) is 5.56 Å². The fraction of sp³-hybridized carbons (Fsp3) is 0.333. The van der Waals surface area contributed by atoms with Gasteiger partial charge in [0.2, 0.25) is 0 Å². The molecule has 0 aliphatic carbocycles. The Morgan fingerprint density at radius 1 is 1.79 bits per heavy atom. The molecule has 1 aromatic heterocycles. The summed E-state index contributed by atoms with van der Waals surface area (Å²) >= 11 is 5.87. The molecule has 4 nitrogen and oxygen atoms in total. The predicted molar refractivity (Wildman–Crippen MR) is 52.9 cm³/mol. The molecular weight excluding hydrogens is 204 g/mol. The lowest BCUT2D eigenvalue weighted by Crippen LogP contribution is -2.33. The normalized spacial score (nSPS) is 12.2. The van der Waals surface area contributed by atoms with Crippen LogP contribution in [-0.4, -0.2) is 24.1 Å². The van der Waals surface area contributed by atoms with Crippen molar-refractivity contribution in [2.75, 3.05) is 7.11 Å². The molecule has 0 aliphatic rings. The molecule has 0 aromatic carbocycles. The van der Waals surface area contributed by atoms with E-state index in [0.29, 0.717) is 11.4 Å². The van der Waals surface area contributed by atoms with Crippen molar-refractivity contribution < 1.29 is 9.53 Å². The first-order valence-corrected chi connectivity index (χ1v) is 4.44. The molecule has 0 bridgehead atoms. The lowest BCUT2D eigenvalue weighted by molar-refractivity contribution is -0.142. The lowest BCUT2D eigenvalue weighted by Gasteiger charge is -2.09. The molecule has 1 rings (SSSR count). The van der Waals surface area contributed by atoms with Crippen molar-refractivity contribution in [2.24, 2.45) is 5.73 Å². The van der Waals surface area contributed by atoms with Crippen LogP contribution < -0.4 is 5.73 Å². The Morgan fingerprint density at radius 2 is 2.50 bits per heavy atom. The van der Waals surface area contributed by atoms with E-state index in [4.69, 9.17) is 17.3 Å². The van der Waals surface area contributed by atoms with Gasteiger partial charge >= 0.3 is 5.97 Å². The largest absolute Gasteiger partial charge is 0.468 e. The van der Waals surface area contributed by atoms with Crippen LogP contribution in [0.4, 0.5) is 0 Å². The summed E-state index contributed by atoms with van der Waals surface area (Å²) in [6.07, 6.45) is 3.50. The number of aromatic nitrogens is 1.